The summed E-state index contributed by atoms with van der Waals surface area (Å²) in [5.74, 6) is 3.37. The molecule has 0 amide bonds. The highest BCUT2D eigenvalue weighted by molar-refractivity contribution is 5.24. The van der Waals surface area contributed by atoms with Gasteiger partial charge in [-0.25, -0.2) is 0 Å². The highest BCUT2D eigenvalue weighted by Crippen LogP contribution is 2.15. The molecule has 2 unspecified atom stereocenters. The third-order valence-electron chi connectivity index (χ3n) is 3.34. The fraction of sp³-hybridized carbons (Fsp3) is 0.556. The van der Waals surface area contributed by atoms with Crippen LogP contribution < -0.4 is 5.32 Å². The predicted molar refractivity (Wildman–Crippen MR) is 85.5 cm³/mol. The Labute approximate surface area is 123 Å². The van der Waals surface area contributed by atoms with Crippen molar-refractivity contribution in [1.29, 1.82) is 0 Å². The summed E-state index contributed by atoms with van der Waals surface area (Å²) in [6, 6.07) is 8.27. The maximum absolute atomic E-state index is 10.2. The van der Waals surface area contributed by atoms with Crippen LogP contribution in [0.15, 0.2) is 24.3 Å². The van der Waals surface area contributed by atoms with E-state index >= 15 is 0 Å². The van der Waals surface area contributed by atoms with E-state index < -0.39 is 6.10 Å². The Morgan fingerprint density at radius 2 is 1.90 bits per heavy atom. The van der Waals surface area contributed by atoms with Crippen LogP contribution in [0.4, 0.5) is 0 Å². The highest BCUT2D eigenvalue weighted by Gasteiger charge is 2.10. The quantitative estimate of drug-likeness (QED) is 0.712. The first-order valence-corrected chi connectivity index (χ1v) is 7.53. The van der Waals surface area contributed by atoms with Crippen molar-refractivity contribution in [3.8, 4) is 12.3 Å². The molecule has 0 fully saturated rings. The number of aliphatic hydroxyl groups excluding tert-OH is 1. The van der Waals surface area contributed by atoms with E-state index in [1.807, 2.05) is 12.1 Å². The van der Waals surface area contributed by atoms with E-state index in [0.717, 1.165) is 24.8 Å². The van der Waals surface area contributed by atoms with Crippen molar-refractivity contribution >= 4 is 0 Å². The molecule has 0 spiro atoms. The van der Waals surface area contributed by atoms with Gasteiger partial charge >= 0.3 is 0 Å². The fourth-order valence-corrected chi connectivity index (χ4v) is 2.25. The predicted octanol–water partition coefficient (Wildman–Crippen LogP) is 3.31. The SMILES string of the molecule is C#CC(CCC)NCC(O)c1ccc(CC(C)C)cc1. The van der Waals surface area contributed by atoms with Gasteiger partial charge in [0.1, 0.15) is 0 Å². The molecule has 1 aromatic carbocycles. The Kier molecular flexibility index (Phi) is 7.36. The van der Waals surface area contributed by atoms with Gasteiger partial charge in [0.25, 0.3) is 0 Å². The molecule has 0 aliphatic rings. The molecule has 2 heteroatoms. The Bertz CT molecular complexity index is 416. The maximum Gasteiger partial charge on any atom is 0.0914 e. The molecular formula is C18H27NO. The van der Waals surface area contributed by atoms with E-state index in [1.165, 1.54) is 5.56 Å². The molecule has 0 heterocycles. The second-order valence-corrected chi connectivity index (χ2v) is 5.77. The van der Waals surface area contributed by atoms with Crippen molar-refractivity contribution < 1.29 is 5.11 Å². The minimum Gasteiger partial charge on any atom is -0.387 e. The Balaban J connectivity index is 2.51. The smallest absolute Gasteiger partial charge is 0.0914 e. The second kappa shape index (κ2) is 8.79. The zero-order valence-electron chi connectivity index (χ0n) is 12.9. The zero-order chi connectivity index (χ0) is 15.0. The van der Waals surface area contributed by atoms with Gasteiger partial charge in [-0.05, 0) is 29.9 Å². The number of terminal acetylenes is 1. The van der Waals surface area contributed by atoms with Crippen LogP contribution in [-0.4, -0.2) is 17.7 Å². The standard InChI is InChI=1S/C18H27NO/c1-5-7-17(6-2)19-13-18(20)16-10-8-15(9-11-16)12-14(3)4/h2,8-11,14,17-20H,5,7,12-13H2,1,3-4H3. The van der Waals surface area contributed by atoms with Crippen LogP contribution in [0.1, 0.15) is 50.8 Å². The molecule has 1 aromatic rings. The molecule has 0 saturated carbocycles. The van der Waals surface area contributed by atoms with Crippen molar-refractivity contribution in [2.24, 2.45) is 5.92 Å². The molecule has 0 saturated heterocycles. The monoisotopic (exact) mass is 273 g/mol. The summed E-state index contributed by atoms with van der Waals surface area (Å²) in [5.41, 5.74) is 2.26. The van der Waals surface area contributed by atoms with Gasteiger partial charge in [0.15, 0.2) is 0 Å². The zero-order valence-corrected chi connectivity index (χ0v) is 12.9. The minimum absolute atomic E-state index is 0.0508. The van der Waals surface area contributed by atoms with E-state index in [-0.39, 0.29) is 6.04 Å². The number of benzene rings is 1. The van der Waals surface area contributed by atoms with Crippen LogP contribution in [0.25, 0.3) is 0 Å². The molecule has 0 aliphatic carbocycles. The summed E-state index contributed by atoms with van der Waals surface area (Å²) in [6.07, 6.45) is 8.01. The minimum atomic E-state index is -0.504. The Morgan fingerprint density at radius 3 is 2.40 bits per heavy atom. The average Bonchev–Trinajstić information content (AvgIpc) is 2.43. The van der Waals surface area contributed by atoms with Crippen LogP contribution in [0.5, 0.6) is 0 Å². The van der Waals surface area contributed by atoms with Gasteiger partial charge in [-0.2, -0.15) is 0 Å². The van der Waals surface area contributed by atoms with Gasteiger partial charge < -0.3 is 10.4 Å². The van der Waals surface area contributed by atoms with Gasteiger partial charge in [0, 0.05) is 6.54 Å². The largest absolute Gasteiger partial charge is 0.387 e. The summed E-state index contributed by atoms with van der Waals surface area (Å²) in [7, 11) is 0. The first-order chi connectivity index (χ1) is 9.56. The summed E-state index contributed by atoms with van der Waals surface area (Å²) >= 11 is 0. The van der Waals surface area contributed by atoms with Crippen LogP contribution in [0.2, 0.25) is 0 Å². The molecule has 110 valence electrons. The fourth-order valence-electron chi connectivity index (χ4n) is 2.25. The van der Waals surface area contributed by atoms with E-state index in [4.69, 9.17) is 6.42 Å². The van der Waals surface area contributed by atoms with Crippen molar-refractivity contribution in [3.63, 3.8) is 0 Å². The molecule has 2 atom stereocenters. The lowest BCUT2D eigenvalue weighted by Crippen LogP contribution is -2.31. The summed E-state index contributed by atoms with van der Waals surface area (Å²) in [6.45, 7) is 7.02. The molecule has 1 rings (SSSR count). The van der Waals surface area contributed by atoms with Crippen molar-refractivity contribution in [3.05, 3.63) is 35.4 Å². The second-order valence-electron chi connectivity index (χ2n) is 5.77. The first kappa shape index (κ1) is 16.8. The van der Waals surface area contributed by atoms with Gasteiger partial charge in [0.2, 0.25) is 0 Å². The van der Waals surface area contributed by atoms with Crippen LogP contribution in [-0.2, 0) is 6.42 Å². The average molecular weight is 273 g/mol. The number of hydrogen-bond acceptors (Lipinski definition) is 2. The summed E-state index contributed by atoms with van der Waals surface area (Å²) < 4.78 is 0. The lowest BCUT2D eigenvalue weighted by molar-refractivity contribution is 0.172. The number of nitrogens with one attached hydrogen (secondary N) is 1. The van der Waals surface area contributed by atoms with E-state index in [9.17, 15) is 5.11 Å². The van der Waals surface area contributed by atoms with Crippen LogP contribution in [0, 0.1) is 18.3 Å². The van der Waals surface area contributed by atoms with Crippen LogP contribution in [0.3, 0.4) is 0 Å². The normalized spacial score (nSPS) is 14.0. The summed E-state index contributed by atoms with van der Waals surface area (Å²) in [5, 5.41) is 13.4. The molecule has 0 bridgehead atoms. The molecular weight excluding hydrogens is 246 g/mol. The topological polar surface area (TPSA) is 32.3 Å². The molecule has 20 heavy (non-hydrogen) atoms. The van der Waals surface area contributed by atoms with Crippen molar-refractivity contribution in [1.82, 2.24) is 5.32 Å². The number of aliphatic hydroxyl groups is 1. The van der Waals surface area contributed by atoms with Crippen molar-refractivity contribution in [2.75, 3.05) is 6.54 Å². The lowest BCUT2D eigenvalue weighted by atomic mass is 10.00. The van der Waals surface area contributed by atoms with Gasteiger partial charge in [-0.3, -0.25) is 0 Å². The maximum atomic E-state index is 10.2. The first-order valence-electron chi connectivity index (χ1n) is 7.53. The van der Waals surface area contributed by atoms with E-state index in [0.29, 0.717) is 12.5 Å². The third-order valence-corrected chi connectivity index (χ3v) is 3.34. The third kappa shape index (κ3) is 5.77. The van der Waals surface area contributed by atoms with Crippen LogP contribution >= 0.6 is 0 Å². The highest BCUT2D eigenvalue weighted by atomic mass is 16.3. The van der Waals surface area contributed by atoms with Gasteiger partial charge in [0.05, 0.1) is 12.1 Å². The lowest BCUT2D eigenvalue weighted by Gasteiger charge is -2.16. The molecule has 2 N–H and O–H groups in total. The van der Waals surface area contributed by atoms with E-state index in [2.05, 4.69) is 44.1 Å². The Hall–Kier alpha value is -1.30. The molecule has 0 radical (unpaired) electrons. The molecule has 2 nitrogen and oxygen atoms in total. The summed E-state index contributed by atoms with van der Waals surface area (Å²) in [4.78, 5) is 0. The number of hydrogen-bond donors (Lipinski definition) is 2. The van der Waals surface area contributed by atoms with Crippen molar-refractivity contribution in [2.45, 2.75) is 52.2 Å². The Morgan fingerprint density at radius 1 is 1.25 bits per heavy atom. The number of rotatable bonds is 8. The molecule has 0 aromatic heterocycles. The van der Waals surface area contributed by atoms with Gasteiger partial charge in [-0.1, -0.05) is 57.4 Å². The van der Waals surface area contributed by atoms with Gasteiger partial charge in [-0.15, -0.1) is 6.42 Å². The molecule has 0 aliphatic heterocycles. The van der Waals surface area contributed by atoms with E-state index in [1.54, 1.807) is 0 Å².